The molecule has 5 heteroatoms. The number of hydrogen-bond donors (Lipinski definition) is 0. The Labute approximate surface area is 105 Å². The largest absolute Gasteiger partial charge is 0.496 e. The standard InChI is InChI=1S/C13H18F3NO/c1-9-6-12(18-4)10(2)5-11(9)7-17(3)8-13(14,15)16/h5-6H,7-8H2,1-4H3. The molecule has 0 aliphatic heterocycles. The quantitative estimate of drug-likeness (QED) is 0.824. The second kappa shape index (κ2) is 5.61. The van der Waals surface area contributed by atoms with E-state index in [0.29, 0.717) is 0 Å². The van der Waals surface area contributed by atoms with Gasteiger partial charge in [-0.25, -0.2) is 0 Å². The molecular formula is C13H18F3NO. The first-order valence-electron chi connectivity index (χ1n) is 5.62. The van der Waals surface area contributed by atoms with Crippen molar-refractivity contribution in [2.24, 2.45) is 0 Å². The molecule has 0 bridgehead atoms. The predicted octanol–water partition coefficient (Wildman–Crippen LogP) is 3.31. The van der Waals surface area contributed by atoms with Crippen molar-refractivity contribution in [1.82, 2.24) is 4.90 Å². The van der Waals surface area contributed by atoms with Crippen LogP contribution in [0.15, 0.2) is 12.1 Å². The van der Waals surface area contributed by atoms with Crippen molar-refractivity contribution in [3.63, 3.8) is 0 Å². The highest BCUT2D eigenvalue weighted by Gasteiger charge is 2.29. The van der Waals surface area contributed by atoms with E-state index >= 15 is 0 Å². The second-order valence-corrected chi connectivity index (χ2v) is 4.54. The van der Waals surface area contributed by atoms with Crippen LogP contribution in [0.1, 0.15) is 16.7 Å². The molecule has 102 valence electrons. The molecule has 0 saturated heterocycles. The summed E-state index contributed by atoms with van der Waals surface area (Å²) in [4.78, 5) is 1.26. The average molecular weight is 261 g/mol. The van der Waals surface area contributed by atoms with Crippen LogP contribution in [0.3, 0.4) is 0 Å². The molecule has 0 amide bonds. The summed E-state index contributed by atoms with van der Waals surface area (Å²) in [5.74, 6) is 0.759. The van der Waals surface area contributed by atoms with Crippen molar-refractivity contribution in [2.45, 2.75) is 26.6 Å². The molecule has 2 nitrogen and oxygen atoms in total. The monoisotopic (exact) mass is 261 g/mol. The first-order valence-corrected chi connectivity index (χ1v) is 5.62. The van der Waals surface area contributed by atoms with Crippen molar-refractivity contribution < 1.29 is 17.9 Å². The normalized spacial score (nSPS) is 12.0. The number of methoxy groups -OCH3 is 1. The fourth-order valence-corrected chi connectivity index (χ4v) is 1.89. The zero-order chi connectivity index (χ0) is 13.9. The van der Waals surface area contributed by atoms with Gasteiger partial charge in [0.05, 0.1) is 13.7 Å². The molecule has 0 spiro atoms. The predicted molar refractivity (Wildman–Crippen MR) is 64.9 cm³/mol. The number of aryl methyl sites for hydroxylation is 2. The number of benzene rings is 1. The summed E-state index contributed by atoms with van der Waals surface area (Å²) in [5.41, 5.74) is 2.75. The summed E-state index contributed by atoms with van der Waals surface area (Å²) >= 11 is 0. The van der Waals surface area contributed by atoms with Gasteiger partial charge in [0.1, 0.15) is 5.75 Å². The number of alkyl halides is 3. The van der Waals surface area contributed by atoms with Crippen LogP contribution in [0.2, 0.25) is 0 Å². The van der Waals surface area contributed by atoms with E-state index in [-0.39, 0.29) is 6.54 Å². The molecule has 0 fully saturated rings. The van der Waals surface area contributed by atoms with E-state index in [1.165, 1.54) is 11.9 Å². The fraction of sp³-hybridized carbons (Fsp3) is 0.538. The molecule has 1 aromatic carbocycles. The summed E-state index contributed by atoms with van der Waals surface area (Å²) in [6, 6.07) is 3.73. The zero-order valence-corrected chi connectivity index (χ0v) is 11.1. The summed E-state index contributed by atoms with van der Waals surface area (Å²) in [7, 11) is 3.05. The van der Waals surface area contributed by atoms with Gasteiger partial charge in [0.25, 0.3) is 0 Å². The Balaban J connectivity index is 2.82. The third kappa shape index (κ3) is 4.22. The van der Waals surface area contributed by atoms with Gasteiger partial charge in [-0.1, -0.05) is 6.07 Å². The van der Waals surface area contributed by atoms with E-state index in [0.717, 1.165) is 22.4 Å². The molecule has 0 radical (unpaired) electrons. The van der Waals surface area contributed by atoms with Gasteiger partial charge in [-0.3, -0.25) is 4.90 Å². The Kier molecular flexibility index (Phi) is 4.62. The number of ether oxygens (including phenoxy) is 1. The lowest BCUT2D eigenvalue weighted by Gasteiger charge is -2.20. The van der Waals surface area contributed by atoms with Crippen LogP contribution >= 0.6 is 0 Å². The van der Waals surface area contributed by atoms with Crippen molar-refractivity contribution in [3.8, 4) is 5.75 Å². The first-order chi connectivity index (χ1) is 8.23. The van der Waals surface area contributed by atoms with E-state index in [1.54, 1.807) is 7.11 Å². The van der Waals surface area contributed by atoms with Gasteiger partial charge in [-0.05, 0) is 43.7 Å². The van der Waals surface area contributed by atoms with E-state index in [9.17, 15) is 13.2 Å². The maximum atomic E-state index is 12.2. The Bertz CT molecular complexity index is 415. The molecule has 1 rings (SSSR count). The van der Waals surface area contributed by atoms with Gasteiger partial charge in [0, 0.05) is 6.54 Å². The molecule has 1 aromatic rings. The van der Waals surface area contributed by atoms with Crippen LogP contribution in [0, 0.1) is 13.8 Å². The average Bonchev–Trinajstić information content (AvgIpc) is 2.20. The Hall–Kier alpha value is -1.23. The lowest BCUT2D eigenvalue weighted by molar-refractivity contribution is -0.144. The van der Waals surface area contributed by atoms with Crippen molar-refractivity contribution in [1.29, 1.82) is 0 Å². The lowest BCUT2D eigenvalue weighted by Crippen LogP contribution is -2.30. The van der Waals surface area contributed by atoms with Crippen LogP contribution in [0.4, 0.5) is 13.2 Å². The summed E-state index contributed by atoms with van der Waals surface area (Å²) < 4.78 is 41.9. The molecule has 0 N–H and O–H groups in total. The van der Waals surface area contributed by atoms with Crippen LogP contribution in [0.5, 0.6) is 5.75 Å². The molecule has 0 saturated carbocycles. The van der Waals surface area contributed by atoms with Gasteiger partial charge >= 0.3 is 6.18 Å². The maximum absolute atomic E-state index is 12.2. The topological polar surface area (TPSA) is 12.5 Å². The molecule has 0 aromatic heterocycles. The number of halogens is 3. The number of rotatable bonds is 4. The van der Waals surface area contributed by atoms with Crippen LogP contribution < -0.4 is 4.74 Å². The summed E-state index contributed by atoms with van der Waals surface area (Å²) in [6.07, 6.45) is -4.16. The highest BCUT2D eigenvalue weighted by molar-refractivity contribution is 5.41. The highest BCUT2D eigenvalue weighted by Crippen LogP contribution is 2.24. The molecule has 18 heavy (non-hydrogen) atoms. The number of nitrogens with zero attached hydrogens (tertiary/aromatic N) is 1. The minimum Gasteiger partial charge on any atom is -0.496 e. The first kappa shape index (κ1) is 14.8. The Morgan fingerprint density at radius 1 is 1.17 bits per heavy atom. The zero-order valence-electron chi connectivity index (χ0n) is 11.1. The fourth-order valence-electron chi connectivity index (χ4n) is 1.89. The highest BCUT2D eigenvalue weighted by atomic mass is 19.4. The summed E-state index contributed by atoms with van der Waals surface area (Å²) in [6.45, 7) is 3.12. The molecule has 0 aliphatic carbocycles. The van der Waals surface area contributed by atoms with Crippen molar-refractivity contribution >= 4 is 0 Å². The van der Waals surface area contributed by atoms with Crippen LogP contribution in [-0.4, -0.2) is 31.8 Å². The molecule has 0 aliphatic rings. The molecule has 0 heterocycles. The number of hydrogen-bond acceptors (Lipinski definition) is 2. The molecular weight excluding hydrogens is 243 g/mol. The molecule has 0 unspecified atom stereocenters. The van der Waals surface area contributed by atoms with Gasteiger partial charge in [0.2, 0.25) is 0 Å². The maximum Gasteiger partial charge on any atom is 0.401 e. The molecule has 0 atom stereocenters. The van der Waals surface area contributed by atoms with E-state index < -0.39 is 12.7 Å². The Morgan fingerprint density at radius 2 is 1.78 bits per heavy atom. The third-order valence-corrected chi connectivity index (χ3v) is 2.74. The smallest absolute Gasteiger partial charge is 0.401 e. The van der Waals surface area contributed by atoms with Gasteiger partial charge < -0.3 is 4.74 Å². The van der Waals surface area contributed by atoms with Gasteiger partial charge in [0.15, 0.2) is 0 Å². The van der Waals surface area contributed by atoms with E-state index in [4.69, 9.17) is 4.74 Å². The second-order valence-electron chi connectivity index (χ2n) is 4.54. The van der Waals surface area contributed by atoms with Crippen LogP contribution in [-0.2, 0) is 6.54 Å². The SMILES string of the molecule is COc1cc(C)c(CN(C)CC(F)(F)F)cc1C. The Morgan fingerprint density at radius 3 is 2.28 bits per heavy atom. The third-order valence-electron chi connectivity index (χ3n) is 2.74. The lowest BCUT2D eigenvalue weighted by atomic mass is 10.0. The minimum atomic E-state index is -4.16. The van der Waals surface area contributed by atoms with E-state index in [1.807, 2.05) is 26.0 Å². The minimum absolute atomic E-state index is 0.274. The summed E-state index contributed by atoms with van der Waals surface area (Å²) in [5, 5.41) is 0. The van der Waals surface area contributed by atoms with Crippen molar-refractivity contribution in [3.05, 3.63) is 28.8 Å². The van der Waals surface area contributed by atoms with Gasteiger partial charge in [-0.2, -0.15) is 13.2 Å². The van der Waals surface area contributed by atoms with Crippen LogP contribution in [0.25, 0.3) is 0 Å². The van der Waals surface area contributed by atoms with E-state index in [2.05, 4.69) is 0 Å². The van der Waals surface area contributed by atoms with Crippen molar-refractivity contribution in [2.75, 3.05) is 20.7 Å². The van der Waals surface area contributed by atoms with Gasteiger partial charge in [-0.15, -0.1) is 0 Å².